The van der Waals surface area contributed by atoms with Gasteiger partial charge in [-0.3, -0.25) is 14.6 Å². The number of ether oxygens (including phenoxy) is 3. The maximum absolute atomic E-state index is 14.0. The molecule has 316 valence electrons. The molecule has 0 radical (unpaired) electrons. The molecule has 0 aliphatic carbocycles. The van der Waals surface area contributed by atoms with Gasteiger partial charge in [0.1, 0.15) is 17.9 Å². The first-order valence-corrected chi connectivity index (χ1v) is 20.7. The van der Waals surface area contributed by atoms with E-state index in [1.807, 2.05) is 56.8 Å². The Morgan fingerprint density at radius 1 is 0.831 bits per heavy atom. The third-order valence-electron chi connectivity index (χ3n) is 12.2. The molecule has 4 heterocycles. The van der Waals surface area contributed by atoms with E-state index in [1.165, 1.54) is 14.2 Å². The Morgan fingerprint density at radius 2 is 1.44 bits per heavy atom. The van der Waals surface area contributed by atoms with Crippen molar-refractivity contribution in [2.45, 2.75) is 96.9 Å². The third-order valence-corrected chi connectivity index (χ3v) is 12.2. The molecule has 0 bridgehead atoms. The molecule has 4 amide bonds. The Balaban J connectivity index is 1.10. The molecule has 2 aromatic carbocycles. The van der Waals surface area contributed by atoms with Gasteiger partial charge in [-0.1, -0.05) is 82.6 Å². The van der Waals surface area contributed by atoms with E-state index in [0.29, 0.717) is 19.6 Å². The van der Waals surface area contributed by atoms with Gasteiger partial charge in [0.05, 0.1) is 44.8 Å². The summed E-state index contributed by atoms with van der Waals surface area (Å²) in [7, 11) is 4.27. The van der Waals surface area contributed by atoms with Crippen LogP contribution in [-0.4, -0.2) is 108 Å². The predicted octanol–water partition coefficient (Wildman–Crippen LogP) is 7.00. The molecule has 3 aromatic rings. The number of carbonyl (C=O) groups excluding carboxylic acids is 4. The molecule has 7 atom stereocenters. The number of hydrogen-bond donors (Lipinski definition) is 3. The molecular weight excluding hydrogens is 751 g/mol. The number of hydrogen-bond acceptors (Lipinski definition) is 9. The number of aromatic amines is 1. The monoisotopic (exact) mass is 809 g/mol. The number of alkyl carbamates (subject to hydrolysis) is 2. The first-order valence-electron chi connectivity index (χ1n) is 20.7. The molecule has 14 heteroatoms. The van der Waals surface area contributed by atoms with Crippen LogP contribution in [0.2, 0.25) is 0 Å². The number of methoxy groups -OCH3 is 3. The highest BCUT2D eigenvalue weighted by molar-refractivity contribution is 6.04. The number of nitrogens with one attached hydrogen (secondary N) is 3. The highest BCUT2D eigenvalue weighted by Crippen LogP contribution is 2.37. The fourth-order valence-corrected chi connectivity index (χ4v) is 8.57. The first-order chi connectivity index (χ1) is 28.4. The number of rotatable bonds is 14. The van der Waals surface area contributed by atoms with Crippen LogP contribution in [0, 0.1) is 17.8 Å². The SMILES string of the molecule is CC[C@H](C)C(NC(=O)OC)C(=O)N1C[C@@H](COC)C[C@H]1C1=NC=C(c2ccc(-c3ccc(-c4cnc([C@@H]5CC[C@H](C)N5C(=O)[C@@H](NC(=O)OC)C(C)C)[nH]4)cc3)cc2)C1. The Kier molecular flexibility index (Phi) is 13.9. The second kappa shape index (κ2) is 19.0. The molecule has 2 fully saturated rings. The molecule has 1 unspecified atom stereocenters. The van der Waals surface area contributed by atoms with Crippen LogP contribution in [0.3, 0.4) is 0 Å². The number of amides is 4. The molecule has 6 rings (SSSR count). The fraction of sp³-hybridized carbons (Fsp3) is 0.511. The van der Waals surface area contributed by atoms with Crippen molar-refractivity contribution < 1.29 is 33.4 Å². The van der Waals surface area contributed by atoms with Crippen molar-refractivity contribution in [1.82, 2.24) is 30.4 Å². The number of imidazole rings is 1. The van der Waals surface area contributed by atoms with E-state index in [9.17, 15) is 19.2 Å². The molecule has 14 nitrogen and oxygen atoms in total. The Morgan fingerprint density at radius 3 is 2.03 bits per heavy atom. The molecule has 3 N–H and O–H groups in total. The van der Waals surface area contributed by atoms with Gasteiger partial charge in [-0.25, -0.2) is 14.6 Å². The summed E-state index contributed by atoms with van der Waals surface area (Å²) in [6, 6.07) is 14.9. The highest BCUT2D eigenvalue weighted by atomic mass is 16.5. The van der Waals surface area contributed by atoms with E-state index < -0.39 is 24.3 Å². The topological polar surface area (TPSA) is 168 Å². The number of aliphatic imine (C=N–C) groups is 1. The van der Waals surface area contributed by atoms with E-state index in [4.69, 9.17) is 24.2 Å². The van der Waals surface area contributed by atoms with E-state index in [-0.39, 0.29) is 47.7 Å². The van der Waals surface area contributed by atoms with Gasteiger partial charge in [-0.05, 0) is 65.8 Å². The number of likely N-dealkylation sites (tertiary alicyclic amines) is 2. The minimum absolute atomic E-state index is 0.000231. The van der Waals surface area contributed by atoms with E-state index in [2.05, 4.69) is 64.1 Å². The summed E-state index contributed by atoms with van der Waals surface area (Å²) in [6.07, 6.45) is 6.17. The van der Waals surface area contributed by atoms with Crippen LogP contribution in [0.5, 0.6) is 0 Å². The standard InChI is InChI=1S/C45H59N7O7/c1-9-27(4)40(50-45(56)59-8)42(53)51-24-29(25-57-6)20-38(51)35-21-34(22-46-35)32-13-11-30(12-14-32)31-15-17-33(18-16-31)36-23-47-41(48-36)37-19-10-28(5)52(37)43(54)39(26(2)3)49-44(55)58-7/h11-18,22-23,26-29,37-40H,9-10,19-21,24-25H2,1-8H3,(H,47,48)(H,49,55)(H,50,56)/t27-,28-,29-,37-,38-,39-,40?/m0/s1. The van der Waals surface area contributed by atoms with Crippen molar-refractivity contribution in [3.63, 3.8) is 0 Å². The second-order valence-corrected chi connectivity index (χ2v) is 16.4. The Hall–Kier alpha value is -5.50. The third kappa shape index (κ3) is 9.53. The minimum atomic E-state index is -0.705. The van der Waals surface area contributed by atoms with Crippen molar-refractivity contribution in [1.29, 1.82) is 0 Å². The van der Waals surface area contributed by atoms with E-state index in [1.54, 1.807) is 7.11 Å². The van der Waals surface area contributed by atoms with Gasteiger partial charge in [0, 0.05) is 43.9 Å². The average molecular weight is 810 g/mol. The summed E-state index contributed by atoms with van der Waals surface area (Å²) in [5.41, 5.74) is 7.06. The second-order valence-electron chi connectivity index (χ2n) is 16.4. The van der Waals surface area contributed by atoms with Crippen molar-refractivity contribution in [2.75, 3.05) is 34.5 Å². The zero-order valence-electron chi connectivity index (χ0n) is 35.5. The van der Waals surface area contributed by atoms with Crippen LogP contribution < -0.4 is 10.6 Å². The smallest absolute Gasteiger partial charge is 0.407 e. The fourth-order valence-electron chi connectivity index (χ4n) is 8.57. The molecule has 0 saturated carbocycles. The molecule has 3 aliphatic heterocycles. The Bertz CT molecular complexity index is 2030. The summed E-state index contributed by atoms with van der Waals surface area (Å²) >= 11 is 0. The van der Waals surface area contributed by atoms with Crippen molar-refractivity contribution in [3.8, 4) is 22.4 Å². The van der Waals surface area contributed by atoms with Gasteiger partial charge in [-0.15, -0.1) is 0 Å². The summed E-state index contributed by atoms with van der Waals surface area (Å²) in [5, 5.41) is 5.50. The molecule has 3 aliphatic rings. The lowest BCUT2D eigenvalue weighted by molar-refractivity contribution is -0.137. The number of allylic oxidation sites excluding steroid dienone is 1. The number of carbonyl (C=O) groups is 4. The zero-order valence-corrected chi connectivity index (χ0v) is 35.5. The zero-order chi connectivity index (χ0) is 42.4. The van der Waals surface area contributed by atoms with Gasteiger partial charge in [-0.2, -0.15) is 0 Å². The van der Waals surface area contributed by atoms with Crippen LogP contribution in [-0.2, 0) is 23.8 Å². The van der Waals surface area contributed by atoms with Crippen LogP contribution >= 0.6 is 0 Å². The lowest BCUT2D eigenvalue weighted by Crippen LogP contribution is -2.54. The van der Waals surface area contributed by atoms with E-state index in [0.717, 1.165) is 70.7 Å². The first kappa shape index (κ1) is 43.1. The number of H-pyrrole nitrogens is 1. The maximum atomic E-state index is 14.0. The quantitative estimate of drug-likeness (QED) is 0.157. The van der Waals surface area contributed by atoms with Crippen molar-refractivity contribution in [2.24, 2.45) is 22.7 Å². The highest BCUT2D eigenvalue weighted by Gasteiger charge is 2.43. The molecule has 0 spiro atoms. The van der Waals surface area contributed by atoms with Gasteiger partial charge in [0.25, 0.3) is 0 Å². The number of benzene rings is 2. The van der Waals surface area contributed by atoms with E-state index >= 15 is 0 Å². The lowest BCUT2D eigenvalue weighted by Gasteiger charge is -2.32. The van der Waals surface area contributed by atoms with Gasteiger partial charge < -0.3 is 39.6 Å². The summed E-state index contributed by atoms with van der Waals surface area (Å²) in [6.45, 7) is 10.9. The summed E-state index contributed by atoms with van der Waals surface area (Å²) in [5.74, 6) is 0.425. The van der Waals surface area contributed by atoms with Crippen LogP contribution in [0.25, 0.3) is 28.0 Å². The predicted molar refractivity (Wildman–Crippen MR) is 226 cm³/mol. The van der Waals surface area contributed by atoms with Crippen molar-refractivity contribution >= 4 is 35.3 Å². The minimum Gasteiger partial charge on any atom is -0.453 e. The number of nitrogens with zero attached hydrogens (tertiary/aromatic N) is 4. The van der Waals surface area contributed by atoms with Gasteiger partial charge >= 0.3 is 12.2 Å². The summed E-state index contributed by atoms with van der Waals surface area (Å²) in [4.78, 5) is 68.8. The molecule has 59 heavy (non-hydrogen) atoms. The van der Waals surface area contributed by atoms with Crippen LogP contribution in [0.4, 0.5) is 9.59 Å². The largest absolute Gasteiger partial charge is 0.453 e. The molecule has 2 saturated heterocycles. The van der Waals surface area contributed by atoms with Gasteiger partial charge in [0.2, 0.25) is 11.8 Å². The lowest BCUT2D eigenvalue weighted by atomic mass is 9.94. The summed E-state index contributed by atoms with van der Waals surface area (Å²) < 4.78 is 15.1. The number of aromatic nitrogens is 2. The van der Waals surface area contributed by atoms with Crippen LogP contribution in [0.15, 0.2) is 65.9 Å². The van der Waals surface area contributed by atoms with Gasteiger partial charge in [0.15, 0.2) is 0 Å². The van der Waals surface area contributed by atoms with Crippen molar-refractivity contribution in [3.05, 3.63) is 72.3 Å². The average Bonchev–Trinajstić information content (AvgIpc) is 4.08. The maximum Gasteiger partial charge on any atom is 0.407 e. The normalized spacial score (nSPS) is 21.8. The molecule has 1 aromatic heterocycles. The molecular formula is C45H59N7O7. The van der Waals surface area contributed by atoms with Crippen LogP contribution in [0.1, 0.15) is 84.2 Å². The Labute approximate surface area is 347 Å².